The summed E-state index contributed by atoms with van der Waals surface area (Å²) in [5.41, 5.74) is 5.77. The second-order valence-corrected chi connectivity index (χ2v) is 7.02. The fourth-order valence-electron chi connectivity index (χ4n) is 4.32. The number of amides is 2. The normalized spacial score (nSPS) is 35.4. The molecule has 0 bridgehead atoms. The van der Waals surface area contributed by atoms with Gasteiger partial charge in [0, 0.05) is 6.54 Å². The van der Waals surface area contributed by atoms with E-state index in [2.05, 4.69) is 0 Å². The van der Waals surface area contributed by atoms with Crippen molar-refractivity contribution in [1.29, 1.82) is 0 Å². The number of hydrogen-bond donors (Lipinski definition) is 1. The molecule has 0 radical (unpaired) electrons. The SMILES string of the molecule is CC1(C)C2C(=O)N(C(CN)C3CCCCC3)C(=O)C21. The third-order valence-corrected chi connectivity index (χ3v) is 5.60. The maximum absolute atomic E-state index is 12.5. The molecule has 3 atom stereocenters. The molecule has 3 aliphatic rings. The van der Waals surface area contributed by atoms with E-state index in [1.54, 1.807) is 0 Å². The number of carbonyl (C=O) groups excluding carboxylic acids is 2. The first-order valence-corrected chi connectivity index (χ1v) is 7.57. The average molecular weight is 264 g/mol. The van der Waals surface area contributed by atoms with Crippen molar-refractivity contribution in [3.63, 3.8) is 0 Å². The minimum atomic E-state index is -0.115. The van der Waals surface area contributed by atoms with Crippen molar-refractivity contribution in [3.05, 3.63) is 0 Å². The van der Waals surface area contributed by atoms with Gasteiger partial charge in [-0.15, -0.1) is 0 Å². The summed E-state index contributed by atoms with van der Waals surface area (Å²) in [6, 6.07) is -0.0519. The Labute approximate surface area is 114 Å². The highest BCUT2D eigenvalue weighted by Gasteiger charge is 2.73. The topological polar surface area (TPSA) is 63.4 Å². The van der Waals surface area contributed by atoms with Gasteiger partial charge in [0.2, 0.25) is 11.8 Å². The molecule has 0 aromatic carbocycles. The van der Waals surface area contributed by atoms with Crippen molar-refractivity contribution < 1.29 is 9.59 Å². The minimum Gasteiger partial charge on any atom is -0.328 e. The number of likely N-dealkylation sites (tertiary alicyclic amines) is 1. The molecule has 3 rings (SSSR count). The van der Waals surface area contributed by atoms with Crippen LogP contribution >= 0.6 is 0 Å². The lowest BCUT2D eigenvalue weighted by Gasteiger charge is -2.36. The molecular formula is C15H24N2O2. The number of imide groups is 1. The van der Waals surface area contributed by atoms with Crippen LogP contribution in [-0.4, -0.2) is 29.3 Å². The van der Waals surface area contributed by atoms with Crippen molar-refractivity contribution >= 4 is 11.8 Å². The fraction of sp³-hybridized carbons (Fsp3) is 0.867. The summed E-state index contributed by atoms with van der Waals surface area (Å²) in [6.07, 6.45) is 5.90. The molecule has 19 heavy (non-hydrogen) atoms. The maximum atomic E-state index is 12.5. The number of rotatable bonds is 3. The van der Waals surface area contributed by atoms with E-state index in [4.69, 9.17) is 5.73 Å². The van der Waals surface area contributed by atoms with Crippen LogP contribution in [0.5, 0.6) is 0 Å². The van der Waals surface area contributed by atoms with Crippen molar-refractivity contribution in [3.8, 4) is 0 Å². The van der Waals surface area contributed by atoms with E-state index in [1.165, 1.54) is 24.2 Å². The Balaban J connectivity index is 1.78. The first-order valence-electron chi connectivity index (χ1n) is 7.57. The Hall–Kier alpha value is -0.900. The summed E-state index contributed by atoms with van der Waals surface area (Å²) in [5.74, 6) is 0.365. The number of nitrogens with two attached hydrogens (primary N) is 1. The maximum Gasteiger partial charge on any atom is 0.233 e. The summed E-state index contributed by atoms with van der Waals surface area (Å²) < 4.78 is 0. The number of hydrogen-bond acceptors (Lipinski definition) is 3. The van der Waals surface area contributed by atoms with Gasteiger partial charge in [-0.2, -0.15) is 0 Å². The Morgan fingerprint density at radius 3 is 2.16 bits per heavy atom. The number of fused-ring (bicyclic) bond motifs is 1. The van der Waals surface area contributed by atoms with Crippen LogP contribution < -0.4 is 5.73 Å². The standard InChI is InChI=1S/C15H24N2O2/c1-15(2)11-12(15)14(19)17(13(11)18)10(8-16)9-6-4-3-5-7-9/h9-12H,3-8,16H2,1-2H3. The average Bonchev–Trinajstić information content (AvgIpc) is 2.86. The van der Waals surface area contributed by atoms with Crippen LogP contribution in [0.15, 0.2) is 0 Å². The monoisotopic (exact) mass is 264 g/mol. The summed E-state index contributed by atoms with van der Waals surface area (Å²) in [6.45, 7) is 4.46. The highest BCUT2D eigenvalue weighted by atomic mass is 16.2. The molecule has 2 N–H and O–H groups in total. The van der Waals surface area contributed by atoms with Crippen LogP contribution in [0.1, 0.15) is 46.0 Å². The van der Waals surface area contributed by atoms with Gasteiger partial charge in [0.05, 0.1) is 17.9 Å². The van der Waals surface area contributed by atoms with Gasteiger partial charge in [-0.25, -0.2) is 0 Å². The van der Waals surface area contributed by atoms with E-state index >= 15 is 0 Å². The van der Waals surface area contributed by atoms with E-state index in [9.17, 15) is 9.59 Å². The number of nitrogens with zero attached hydrogens (tertiary/aromatic N) is 1. The van der Waals surface area contributed by atoms with Crippen molar-refractivity contribution in [2.45, 2.75) is 52.0 Å². The van der Waals surface area contributed by atoms with Gasteiger partial charge in [-0.1, -0.05) is 33.1 Å². The van der Waals surface area contributed by atoms with Crippen LogP contribution in [0.4, 0.5) is 0 Å². The van der Waals surface area contributed by atoms with Crippen LogP contribution in [0.25, 0.3) is 0 Å². The molecule has 0 spiro atoms. The quantitative estimate of drug-likeness (QED) is 0.786. The van der Waals surface area contributed by atoms with Crippen molar-refractivity contribution in [1.82, 2.24) is 4.90 Å². The van der Waals surface area contributed by atoms with E-state index in [0.29, 0.717) is 12.5 Å². The van der Waals surface area contributed by atoms with Gasteiger partial charge in [0.1, 0.15) is 0 Å². The van der Waals surface area contributed by atoms with Crippen LogP contribution in [-0.2, 0) is 9.59 Å². The molecule has 1 heterocycles. The van der Waals surface area contributed by atoms with Gasteiger partial charge in [0.25, 0.3) is 0 Å². The highest BCUT2D eigenvalue weighted by molar-refractivity contribution is 6.10. The Bertz CT molecular complexity index is 388. The summed E-state index contributed by atoms with van der Waals surface area (Å²) in [4.78, 5) is 26.5. The molecule has 0 aromatic heterocycles. The smallest absolute Gasteiger partial charge is 0.233 e. The molecule has 3 fully saturated rings. The molecule has 1 aliphatic heterocycles. The molecule has 106 valence electrons. The van der Waals surface area contributed by atoms with Gasteiger partial charge in [-0.3, -0.25) is 14.5 Å². The lowest BCUT2D eigenvalue weighted by atomic mass is 9.83. The lowest BCUT2D eigenvalue weighted by molar-refractivity contribution is -0.147. The first-order chi connectivity index (χ1) is 9.00. The minimum absolute atomic E-state index is 0.0426. The second-order valence-electron chi connectivity index (χ2n) is 7.02. The van der Waals surface area contributed by atoms with Crippen LogP contribution in [0, 0.1) is 23.2 Å². The van der Waals surface area contributed by atoms with Gasteiger partial charge >= 0.3 is 0 Å². The Kier molecular flexibility index (Phi) is 2.97. The van der Waals surface area contributed by atoms with E-state index in [1.807, 2.05) is 13.8 Å². The van der Waals surface area contributed by atoms with Gasteiger partial charge in [-0.05, 0) is 24.2 Å². The van der Waals surface area contributed by atoms with Gasteiger partial charge < -0.3 is 5.73 Å². The predicted octanol–water partition coefficient (Wildman–Crippen LogP) is 1.53. The van der Waals surface area contributed by atoms with E-state index in [0.717, 1.165) is 12.8 Å². The largest absolute Gasteiger partial charge is 0.328 e. The molecule has 2 amide bonds. The van der Waals surface area contributed by atoms with E-state index < -0.39 is 0 Å². The Morgan fingerprint density at radius 1 is 1.16 bits per heavy atom. The molecule has 0 aromatic rings. The van der Waals surface area contributed by atoms with Crippen molar-refractivity contribution in [2.75, 3.05) is 6.54 Å². The highest BCUT2D eigenvalue weighted by Crippen LogP contribution is 2.63. The first kappa shape index (κ1) is 13.1. The molecular weight excluding hydrogens is 240 g/mol. The van der Waals surface area contributed by atoms with Crippen LogP contribution in [0.2, 0.25) is 0 Å². The zero-order chi connectivity index (χ0) is 13.8. The summed E-state index contributed by atoms with van der Waals surface area (Å²) in [5, 5.41) is 0. The summed E-state index contributed by atoms with van der Waals surface area (Å²) >= 11 is 0. The Morgan fingerprint density at radius 2 is 1.68 bits per heavy atom. The second kappa shape index (κ2) is 4.30. The zero-order valence-corrected chi connectivity index (χ0v) is 11.9. The molecule has 4 nitrogen and oxygen atoms in total. The third-order valence-electron chi connectivity index (χ3n) is 5.60. The van der Waals surface area contributed by atoms with E-state index in [-0.39, 0.29) is 35.1 Å². The molecule has 3 unspecified atom stereocenters. The molecule has 2 aliphatic carbocycles. The third kappa shape index (κ3) is 1.76. The fourth-order valence-corrected chi connectivity index (χ4v) is 4.32. The summed E-state index contributed by atoms with van der Waals surface area (Å²) in [7, 11) is 0. The molecule has 2 saturated carbocycles. The molecule has 1 saturated heterocycles. The lowest BCUT2D eigenvalue weighted by Crippen LogP contribution is -2.51. The number of piperidine rings is 1. The number of carbonyl (C=O) groups is 2. The van der Waals surface area contributed by atoms with Gasteiger partial charge in [0.15, 0.2) is 0 Å². The van der Waals surface area contributed by atoms with Crippen LogP contribution in [0.3, 0.4) is 0 Å². The van der Waals surface area contributed by atoms with Crippen molar-refractivity contribution in [2.24, 2.45) is 28.9 Å². The predicted molar refractivity (Wildman–Crippen MR) is 72.0 cm³/mol. The zero-order valence-electron chi connectivity index (χ0n) is 11.9. The molecule has 4 heteroatoms.